The van der Waals surface area contributed by atoms with Crippen LogP contribution in [-0.2, 0) is 10.0 Å². The molecular formula is C17H19Cl2N3O2S. The van der Waals surface area contributed by atoms with Gasteiger partial charge in [0.25, 0.3) is 0 Å². The molecule has 0 aliphatic carbocycles. The third kappa shape index (κ3) is 4.64. The van der Waals surface area contributed by atoms with E-state index in [1.165, 1.54) is 12.1 Å². The van der Waals surface area contributed by atoms with E-state index >= 15 is 0 Å². The molecular weight excluding hydrogens is 381 g/mol. The fourth-order valence-corrected chi connectivity index (χ4v) is 4.80. The van der Waals surface area contributed by atoms with Gasteiger partial charge in [0.1, 0.15) is 4.90 Å². The van der Waals surface area contributed by atoms with Gasteiger partial charge in [0.05, 0.1) is 16.9 Å². The Balaban J connectivity index is 1.57. The number of nitrogens with zero attached hydrogens (tertiary/aromatic N) is 2. The van der Waals surface area contributed by atoms with Gasteiger partial charge in [0.2, 0.25) is 10.0 Å². The van der Waals surface area contributed by atoms with E-state index in [4.69, 9.17) is 23.2 Å². The van der Waals surface area contributed by atoms with Gasteiger partial charge in [-0.15, -0.1) is 0 Å². The molecule has 0 saturated carbocycles. The lowest BCUT2D eigenvalue weighted by Gasteiger charge is -2.33. The maximum Gasteiger partial charge on any atom is 0.242 e. The summed E-state index contributed by atoms with van der Waals surface area (Å²) in [6, 6.07) is 8.39. The molecule has 0 amide bonds. The fourth-order valence-electron chi connectivity index (χ4n) is 2.92. The van der Waals surface area contributed by atoms with Crippen LogP contribution in [0.25, 0.3) is 0 Å². The topological polar surface area (TPSA) is 62.3 Å². The number of halogens is 2. The van der Waals surface area contributed by atoms with Crippen LogP contribution in [0.1, 0.15) is 12.8 Å². The van der Waals surface area contributed by atoms with Crippen molar-refractivity contribution < 1.29 is 8.42 Å². The van der Waals surface area contributed by atoms with E-state index in [0.717, 1.165) is 31.6 Å². The van der Waals surface area contributed by atoms with E-state index in [2.05, 4.69) is 14.6 Å². The van der Waals surface area contributed by atoms with Crippen molar-refractivity contribution in [2.45, 2.75) is 17.7 Å². The van der Waals surface area contributed by atoms with E-state index in [0.29, 0.717) is 17.5 Å². The molecule has 2 aromatic rings. The summed E-state index contributed by atoms with van der Waals surface area (Å²) in [5.74, 6) is 0.292. The normalized spacial score (nSPS) is 16.2. The molecule has 0 bridgehead atoms. The summed E-state index contributed by atoms with van der Waals surface area (Å²) in [6.45, 7) is 2.16. The second kappa shape index (κ2) is 7.91. The van der Waals surface area contributed by atoms with Gasteiger partial charge < -0.3 is 4.90 Å². The van der Waals surface area contributed by atoms with Crippen molar-refractivity contribution in [1.29, 1.82) is 0 Å². The second-order valence-corrected chi connectivity index (χ2v) is 8.65. The average molecular weight is 400 g/mol. The van der Waals surface area contributed by atoms with Crippen molar-refractivity contribution in [3.63, 3.8) is 0 Å². The van der Waals surface area contributed by atoms with Gasteiger partial charge in [0.15, 0.2) is 0 Å². The molecule has 0 unspecified atom stereocenters. The maximum absolute atomic E-state index is 12.5. The van der Waals surface area contributed by atoms with E-state index < -0.39 is 10.0 Å². The Morgan fingerprint density at radius 3 is 2.64 bits per heavy atom. The van der Waals surface area contributed by atoms with Crippen molar-refractivity contribution in [2.24, 2.45) is 5.92 Å². The number of pyridine rings is 1. The van der Waals surface area contributed by atoms with Crippen LogP contribution in [-0.4, -0.2) is 33.0 Å². The van der Waals surface area contributed by atoms with Gasteiger partial charge in [-0.3, -0.25) is 4.98 Å². The molecule has 134 valence electrons. The van der Waals surface area contributed by atoms with Gasteiger partial charge in [0, 0.05) is 30.9 Å². The lowest BCUT2D eigenvalue weighted by Crippen LogP contribution is -2.38. The third-order valence-electron chi connectivity index (χ3n) is 4.37. The first-order valence-electron chi connectivity index (χ1n) is 8.05. The lowest BCUT2D eigenvalue weighted by atomic mass is 9.97. The van der Waals surface area contributed by atoms with Gasteiger partial charge in [-0.25, -0.2) is 13.1 Å². The molecule has 5 nitrogen and oxygen atoms in total. The Morgan fingerprint density at radius 2 is 1.96 bits per heavy atom. The van der Waals surface area contributed by atoms with E-state index in [-0.39, 0.29) is 9.92 Å². The Bertz CT molecular complexity index is 823. The van der Waals surface area contributed by atoms with Crippen LogP contribution in [0.2, 0.25) is 10.0 Å². The number of hydrogen-bond acceptors (Lipinski definition) is 4. The molecule has 1 aromatic heterocycles. The summed E-state index contributed by atoms with van der Waals surface area (Å²) < 4.78 is 27.6. The summed E-state index contributed by atoms with van der Waals surface area (Å²) in [4.78, 5) is 6.43. The molecule has 1 N–H and O–H groups in total. The number of hydrogen-bond donors (Lipinski definition) is 1. The van der Waals surface area contributed by atoms with Crippen LogP contribution in [0.3, 0.4) is 0 Å². The fraction of sp³-hybridized carbons (Fsp3) is 0.353. The number of anilines is 1. The molecule has 2 heterocycles. The number of nitrogens with one attached hydrogen (secondary N) is 1. The summed E-state index contributed by atoms with van der Waals surface area (Å²) >= 11 is 11.9. The van der Waals surface area contributed by atoms with Crippen molar-refractivity contribution >= 4 is 38.9 Å². The van der Waals surface area contributed by atoms with Gasteiger partial charge >= 0.3 is 0 Å². The van der Waals surface area contributed by atoms with Crippen molar-refractivity contribution in [1.82, 2.24) is 9.71 Å². The highest BCUT2D eigenvalue weighted by Gasteiger charge is 2.23. The Labute approximate surface area is 158 Å². The van der Waals surface area contributed by atoms with Crippen LogP contribution in [0, 0.1) is 5.92 Å². The standard InChI is InChI=1S/C17H19Cl2N3O2S/c18-14-3-4-16(19)17(10-14)25(23,24)21-11-13-5-8-22(9-6-13)15-2-1-7-20-12-15/h1-4,7,10,12-13,21H,5-6,8-9,11H2. The molecule has 1 fully saturated rings. The highest BCUT2D eigenvalue weighted by atomic mass is 35.5. The van der Waals surface area contributed by atoms with E-state index in [9.17, 15) is 8.42 Å². The van der Waals surface area contributed by atoms with E-state index in [1.54, 1.807) is 12.3 Å². The smallest absolute Gasteiger partial charge is 0.242 e. The van der Waals surface area contributed by atoms with E-state index in [1.807, 2.05) is 18.3 Å². The molecule has 8 heteroatoms. The highest BCUT2D eigenvalue weighted by Crippen LogP contribution is 2.26. The molecule has 0 radical (unpaired) electrons. The predicted octanol–water partition coefficient (Wildman–Crippen LogP) is 3.58. The predicted molar refractivity (Wildman–Crippen MR) is 101 cm³/mol. The Morgan fingerprint density at radius 1 is 1.20 bits per heavy atom. The first-order chi connectivity index (χ1) is 12.0. The monoisotopic (exact) mass is 399 g/mol. The average Bonchev–Trinajstić information content (AvgIpc) is 2.63. The zero-order chi connectivity index (χ0) is 17.9. The molecule has 1 aliphatic rings. The van der Waals surface area contributed by atoms with Crippen LogP contribution in [0.15, 0.2) is 47.6 Å². The number of aromatic nitrogens is 1. The molecule has 1 aliphatic heterocycles. The van der Waals surface area contributed by atoms with Gasteiger partial charge in [-0.1, -0.05) is 23.2 Å². The van der Waals surface area contributed by atoms with Crippen molar-refractivity contribution in [3.8, 4) is 0 Å². The number of rotatable bonds is 5. The zero-order valence-electron chi connectivity index (χ0n) is 13.5. The summed E-state index contributed by atoms with van der Waals surface area (Å²) in [5, 5.41) is 0.512. The Hall–Kier alpha value is -1.34. The van der Waals surface area contributed by atoms with Gasteiger partial charge in [-0.2, -0.15) is 0 Å². The first-order valence-corrected chi connectivity index (χ1v) is 10.3. The quantitative estimate of drug-likeness (QED) is 0.834. The summed E-state index contributed by atoms with van der Waals surface area (Å²) in [6.07, 6.45) is 5.44. The Kier molecular flexibility index (Phi) is 5.84. The molecule has 1 saturated heterocycles. The van der Waals surface area contributed by atoms with Crippen LogP contribution in [0.5, 0.6) is 0 Å². The molecule has 25 heavy (non-hydrogen) atoms. The van der Waals surface area contributed by atoms with Crippen LogP contribution in [0.4, 0.5) is 5.69 Å². The third-order valence-corrected chi connectivity index (χ3v) is 6.51. The second-order valence-electron chi connectivity index (χ2n) is 6.07. The van der Waals surface area contributed by atoms with Gasteiger partial charge in [-0.05, 0) is 49.1 Å². The maximum atomic E-state index is 12.5. The highest BCUT2D eigenvalue weighted by molar-refractivity contribution is 7.89. The number of piperidine rings is 1. The largest absolute Gasteiger partial charge is 0.370 e. The molecule has 0 atom stereocenters. The number of sulfonamides is 1. The molecule has 3 rings (SSSR count). The summed E-state index contributed by atoms with van der Waals surface area (Å²) in [7, 11) is -3.67. The SMILES string of the molecule is O=S(=O)(NCC1CCN(c2cccnc2)CC1)c1cc(Cl)ccc1Cl. The lowest BCUT2D eigenvalue weighted by molar-refractivity contribution is 0.402. The van der Waals surface area contributed by atoms with Crippen molar-refractivity contribution in [2.75, 3.05) is 24.5 Å². The minimum atomic E-state index is -3.67. The zero-order valence-corrected chi connectivity index (χ0v) is 15.9. The van der Waals surface area contributed by atoms with Crippen LogP contribution < -0.4 is 9.62 Å². The molecule has 0 spiro atoms. The van der Waals surface area contributed by atoms with Crippen molar-refractivity contribution in [3.05, 3.63) is 52.8 Å². The first kappa shape index (κ1) is 18.5. The summed E-state index contributed by atoms with van der Waals surface area (Å²) in [5.41, 5.74) is 1.10. The minimum absolute atomic E-state index is 0.0227. The number of benzene rings is 1. The van der Waals surface area contributed by atoms with Crippen LogP contribution >= 0.6 is 23.2 Å². The molecule has 1 aromatic carbocycles. The minimum Gasteiger partial charge on any atom is -0.370 e.